The van der Waals surface area contributed by atoms with E-state index in [0.29, 0.717) is 0 Å². The Hall–Kier alpha value is -2.36. The zero-order chi connectivity index (χ0) is 15.3. The predicted octanol–water partition coefficient (Wildman–Crippen LogP) is 1.97. The van der Waals surface area contributed by atoms with Crippen LogP contribution in [0, 0.1) is 20.2 Å². The number of amides is 2. The van der Waals surface area contributed by atoms with Crippen LogP contribution in [0.2, 0.25) is 0 Å². The molecule has 0 fully saturated rings. The van der Waals surface area contributed by atoms with Gasteiger partial charge < -0.3 is 5.32 Å². The van der Waals surface area contributed by atoms with Gasteiger partial charge in [-0.2, -0.15) is 0 Å². The number of hydrogen-bond acceptors (Lipinski definition) is 6. The van der Waals surface area contributed by atoms with Crippen molar-refractivity contribution in [3.05, 3.63) is 38.4 Å². The van der Waals surface area contributed by atoms with Crippen molar-refractivity contribution in [3.63, 3.8) is 0 Å². The van der Waals surface area contributed by atoms with E-state index in [0.717, 1.165) is 17.0 Å². The fourth-order valence-corrected chi connectivity index (χ4v) is 2.02. The summed E-state index contributed by atoms with van der Waals surface area (Å²) in [5, 5.41) is 24.1. The molecule has 0 aliphatic rings. The first-order valence-corrected chi connectivity index (χ1v) is 6.72. The minimum atomic E-state index is -0.751. The molecule has 0 bridgehead atoms. The van der Waals surface area contributed by atoms with E-state index in [-0.39, 0.29) is 11.6 Å². The molecule has 9 nitrogen and oxygen atoms in total. The number of nitrogens with one attached hydrogen (secondary N) is 1. The van der Waals surface area contributed by atoms with Crippen molar-refractivity contribution in [1.82, 2.24) is 5.32 Å². The Morgan fingerprint density at radius 1 is 1.35 bits per heavy atom. The average molecular weight is 300 g/mol. The van der Waals surface area contributed by atoms with Gasteiger partial charge in [-0.05, 0) is 12.3 Å². The third-order valence-electron chi connectivity index (χ3n) is 2.37. The Labute approximate surface area is 118 Å². The van der Waals surface area contributed by atoms with Crippen molar-refractivity contribution in [2.75, 3.05) is 24.1 Å². The van der Waals surface area contributed by atoms with Crippen molar-refractivity contribution in [3.8, 4) is 0 Å². The Kier molecular flexibility index (Phi) is 5.26. The fraction of sp³-hybridized carbons (Fsp3) is 0.300. The second-order valence-corrected chi connectivity index (χ2v) is 4.42. The molecule has 1 aromatic carbocycles. The summed E-state index contributed by atoms with van der Waals surface area (Å²) in [5.41, 5.74) is -0.882. The lowest BCUT2D eigenvalue weighted by atomic mass is 10.2. The summed E-state index contributed by atoms with van der Waals surface area (Å²) in [6.45, 7) is 0. The minimum absolute atomic E-state index is 0.00861. The van der Waals surface area contributed by atoms with Crippen LogP contribution in [0.3, 0.4) is 0 Å². The largest absolute Gasteiger partial charge is 0.341 e. The SMILES string of the molecule is CNC(=O)N(CSC)c1ccc([N+](=O)[O-])cc1[N+](=O)[O-]. The molecule has 0 atom stereocenters. The second kappa shape index (κ2) is 6.70. The smallest absolute Gasteiger partial charge is 0.322 e. The van der Waals surface area contributed by atoms with Crippen molar-refractivity contribution in [1.29, 1.82) is 0 Å². The molecule has 0 heterocycles. The third-order valence-corrected chi connectivity index (χ3v) is 2.89. The predicted molar refractivity (Wildman–Crippen MR) is 75.1 cm³/mol. The van der Waals surface area contributed by atoms with Crippen LogP contribution >= 0.6 is 11.8 Å². The number of carbonyl (C=O) groups is 1. The molecule has 20 heavy (non-hydrogen) atoms. The molecular weight excluding hydrogens is 288 g/mol. The number of carbonyl (C=O) groups excluding carboxylic acids is 1. The van der Waals surface area contributed by atoms with Crippen molar-refractivity contribution in [2.45, 2.75) is 0 Å². The molecule has 0 aromatic heterocycles. The lowest BCUT2D eigenvalue weighted by molar-refractivity contribution is -0.393. The van der Waals surface area contributed by atoms with Crippen molar-refractivity contribution < 1.29 is 14.6 Å². The summed E-state index contributed by atoms with van der Waals surface area (Å²) in [5.74, 6) is 0.179. The van der Waals surface area contributed by atoms with Gasteiger partial charge in [-0.1, -0.05) is 0 Å². The van der Waals surface area contributed by atoms with Crippen LogP contribution in [-0.2, 0) is 0 Å². The number of nitrogens with zero attached hydrogens (tertiary/aromatic N) is 3. The minimum Gasteiger partial charge on any atom is -0.341 e. The van der Waals surface area contributed by atoms with E-state index in [1.165, 1.54) is 24.9 Å². The first-order chi connectivity index (χ1) is 9.42. The Balaban J connectivity index is 3.37. The molecule has 0 radical (unpaired) electrons. The topological polar surface area (TPSA) is 119 Å². The molecule has 0 aliphatic heterocycles. The molecule has 0 aliphatic carbocycles. The van der Waals surface area contributed by atoms with E-state index in [1.807, 2.05) is 0 Å². The van der Waals surface area contributed by atoms with E-state index in [9.17, 15) is 25.0 Å². The van der Waals surface area contributed by atoms with Gasteiger partial charge in [0.05, 0.1) is 21.8 Å². The number of urea groups is 1. The van der Waals surface area contributed by atoms with Crippen LogP contribution in [0.15, 0.2) is 18.2 Å². The maximum absolute atomic E-state index is 11.7. The summed E-state index contributed by atoms with van der Waals surface area (Å²) >= 11 is 1.29. The van der Waals surface area contributed by atoms with E-state index in [2.05, 4.69) is 5.32 Å². The fourth-order valence-electron chi connectivity index (χ4n) is 1.50. The second-order valence-electron chi connectivity index (χ2n) is 3.59. The average Bonchev–Trinajstić information content (AvgIpc) is 2.43. The van der Waals surface area contributed by atoms with Crippen LogP contribution in [0.5, 0.6) is 0 Å². The molecule has 0 spiro atoms. The number of rotatable bonds is 5. The standard InChI is InChI=1S/C10H12N4O5S/c1-11-10(15)12(6-20-2)8-4-3-7(13(16)17)5-9(8)14(18)19/h3-5H,6H2,1-2H3,(H,11,15). The van der Waals surface area contributed by atoms with Gasteiger partial charge in [0.15, 0.2) is 0 Å². The van der Waals surface area contributed by atoms with Gasteiger partial charge in [0.1, 0.15) is 5.69 Å². The quantitative estimate of drug-likeness (QED) is 0.504. The van der Waals surface area contributed by atoms with Gasteiger partial charge in [0.2, 0.25) is 0 Å². The van der Waals surface area contributed by atoms with E-state index in [1.54, 1.807) is 6.26 Å². The summed E-state index contributed by atoms with van der Waals surface area (Å²) in [6.07, 6.45) is 1.73. The highest BCUT2D eigenvalue weighted by atomic mass is 32.2. The Bertz CT molecular complexity index is 550. The molecule has 0 saturated heterocycles. The molecule has 1 aromatic rings. The first kappa shape index (κ1) is 15.7. The molecule has 0 saturated carbocycles. The monoisotopic (exact) mass is 300 g/mol. The zero-order valence-corrected chi connectivity index (χ0v) is 11.5. The Morgan fingerprint density at radius 3 is 2.45 bits per heavy atom. The van der Waals surface area contributed by atoms with Crippen LogP contribution in [0.4, 0.5) is 21.9 Å². The van der Waals surface area contributed by atoms with Crippen molar-refractivity contribution in [2.24, 2.45) is 0 Å². The number of benzene rings is 1. The van der Waals surface area contributed by atoms with Gasteiger partial charge in [0.25, 0.3) is 11.4 Å². The van der Waals surface area contributed by atoms with Gasteiger partial charge in [0, 0.05) is 13.1 Å². The van der Waals surface area contributed by atoms with Gasteiger partial charge in [-0.25, -0.2) is 4.79 Å². The van der Waals surface area contributed by atoms with E-state index >= 15 is 0 Å². The highest BCUT2D eigenvalue weighted by Crippen LogP contribution is 2.32. The number of nitro groups is 2. The molecule has 0 unspecified atom stereocenters. The van der Waals surface area contributed by atoms with Gasteiger partial charge >= 0.3 is 6.03 Å². The lowest BCUT2D eigenvalue weighted by Crippen LogP contribution is -2.38. The summed E-state index contributed by atoms with van der Waals surface area (Å²) < 4.78 is 0. The van der Waals surface area contributed by atoms with E-state index < -0.39 is 27.3 Å². The van der Waals surface area contributed by atoms with Crippen LogP contribution in [-0.4, -0.2) is 35.1 Å². The first-order valence-electron chi connectivity index (χ1n) is 5.33. The van der Waals surface area contributed by atoms with E-state index in [4.69, 9.17) is 0 Å². The number of anilines is 1. The molecule has 2 amide bonds. The lowest BCUT2D eigenvalue weighted by Gasteiger charge is -2.20. The number of non-ortho nitro benzene ring substituents is 1. The highest BCUT2D eigenvalue weighted by molar-refractivity contribution is 7.98. The summed E-state index contributed by atoms with van der Waals surface area (Å²) in [6, 6.07) is 2.63. The van der Waals surface area contributed by atoms with Crippen LogP contribution < -0.4 is 10.2 Å². The number of nitro benzene ring substituents is 2. The summed E-state index contributed by atoms with van der Waals surface area (Å²) in [4.78, 5) is 33.1. The number of thioether (sulfide) groups is 1. The highest BCUT2D eigenvalue weighted by Gasteiger charge is 2.26. The van der Waals surface area contributed by atoms with Crippen LogP contribution in [0.1, 0.15) is 0 Å². The molecule has 108 valence electrons. The Morgan fingerprint density at radius 2 is 2.00 bits per heavy atom. The normalized spacial score (nSPS) is 9.90. The number of hydrogen-bond donors (Lipinski definition) is 1. The summed E-state index contributed by atoms with van der Waals surface area (Å²) in [7, 11) is 1.40. The van der Waals surface area contributed by atoms with Gasteiger partial charge in [-0.15, -0.1) is 11.8 Å². The van der Waals surface area contributed by atoms with Gasteiger partial charge in [-0.3, -0.25) is 25.1 Å². The van der Waals surface area contributed by atoms with Crippen LogP contribution in [0.25, 0.3) is 0 Å². The molecule has 1 rings (SSSR count). The molecular formula is C10H12N4O5S. The maximum Gasteiger partial charge on any atom is 0.322 e. The maximum atomic E-state index is 11.7. The third kappa shape index (κ3) is 3.35. The molecule has 1 N–H and O–H groups in total. The zero-order valence-electron chi connectivity index (χ0n) is 10.7. The van der Waals surface area contributed by atoms with Crippen molar-refractivity contribution >= 4 is 34.9 Å². The molecule has 10 heteroatoms.